The molecule has 229 valence electrons. The molecule has 43 heavy (non-hydrogen) atoms. The van der Waals surface area contributed by atoms with Crippen LogP contribution in [0.2, 0.25) is 0 Å². The van der Waals surface area contributed by atoms with E-state index in [1.807, 2.05) is 97.1 Å². The Morgan fingerprint density at radius 2 is 1.07 bits per heavy atom. The second-order valence-corrected chi connectivity index (χ2v) is 11.0. The summed E-state index contributed by atoms with van der Waals surface area (Å²) in [6.07, 6.45) is 5.02. The number of nitrogens with one attached hydrogen (secondary N) is 2. The Morgan fingerprint density at radius 3 is 1.35 bits per heavy atom. The van der Waals surface area contributed by atoms with Crippen molar-refractivity contribution in [2.24, 2.45) is 0 Å². The van der Waals surface area contributed by atoms with Crippen LogP contribution in [0.5, 0.6) is 0 Å². The van der Waals surface area contributed by atoms with Crippen LogP contribution in [0.4, 0.5) is 11.4 Å². The minimum atomic E-state index is -1.31. The number of aliphatic hydroxyl groups excluding tert-OH is 3. The van der Waals surface area contributed by atoms with Gasteiger partial charge in [0.05, 0.1) is 50.7 Å². The summed E-state index contributed by atoms with van der Waals surface area (Å²) in [5.74, 6) is 6.77. The second kappa shape index (κ2) is 18.9. The molecule has 0 spiro atoms. The van der Waals surface area contributed by atoms with Gasteiger partial charge >= 0.3 is 5.97 Å². The van der Waals surface area contributed by atoms with E-state index in [-0.39, 0.29) is 20.1 Å². The van der Waals surface area contributed by atoms with Gasteiger partial charge in [0.15, 0.2) is 0 Å². The van der Waals surface area contributed by atoms with E-state index in [1.165, 1.54) is 5.01 Å². The van der Waals surface area contributed by atoms with Crippen molar-refractivity contribution in [2.75, 3.05) is 31.4 Å². The van der Waals surface area contributed by atoms with E-state index in [0.29, 0.717) is 0 Å². The Kier molecular flexibility index (Phi) is 15.6. The van der Waals surface area contributed by atoms with E-state index in [0.717, 1.165) is 27.9 Å². The van der Waals surface area contributed by atoms with Crippen LogP contribution in [-0.4, -0.2) is 58.3 Å². The number of carbonyl (C=O) groups is 1. The number of para-hydroxylation sites is 2. The number of carboxylic acids is 1. The maximum Gasteiger partial charge on any atom is 0.317 e. The SMILES string of the molecule is O=C(O)CNC(CO)(CO)CO.[NH-]N(c1ccccc1)c1ccccc1.[Tc].c1coc([PH+](c2ccco2)c2ccco2)c1. The summed E-state index contributed by atoms with van der Waals surface area (Å²) in [5.41, 5.74) is 3.18. The molecule has 0 fully saturated rings. The van der Waals surface area contributed by atoms with Gasteiger partial charge in [-0.05, 0) is 42.5 Å². The maximum atomic E-state index is 10.1. The average Bonchev–Trinajstić information content (AvgIpc) is 3.86. The number of nitrogens with zero attached hydrogens (tertiary/aromatic N) is 1. The largest absolute Gasteiger partial charge is 0.578 e. The van der Waals surface area contributed by atoms with Crippen LogP contribution in [0, 0.1) is 0 Å². The Balaban J connectivity index is 0.000000226. The fraction of sp³-hybridized carbons (Fsp3) is 0.167. The van der Waals surface area contributed by atoms with Gasteiger partial charge in [-0.1, -0.05) is 36.4 Å². The quantitative estimate of drug-likeness (QED) is 0.102. The molecule has 6 N–H and O–H groups in total. The van der Waals surface area contributed by atoms with Crippen molar-refractivity contribution in [1.29, 1.82) is 0 Å². The first-order valence-corrected chi connectivity index (χ1v) is 14.3. The van der Waals surface area contributed by atoms with Gasteiger partial charge in [0, 0.05) is 49.7 Å². The van der Waals surface area contributed by atoms with Gasteiger partial charge in [-0.15, -0.1) is 0 Å². The first-order valence-electron chi connectivity index (χ1n) is 12.8. The van der Waals surface area contributed by atoms with Crippen molar-refractivity contribution in [3.8, 4) is 0 Å². The van der Waals surface area contributed by atoms with Crippen molar-refractivity contribution in [3.05, 3.63) is 122 Å². The van der Waals surface area contributed by atoms with Gasteiger partial charge < -0.3 is 44.5 Å². The van der Waals surface area contributed by atoms with Crippen LogP contribution >= 0.6 is 7.92 Å². The molecule has 5 aromatic rings. The van der Waals surface area contributed by atoms with Crippen LogP contribution in [0.3, 0.4) is 0 Å². The van der Waals surface area contributed by atoms with E-state index in [9.17, 15) is 4.79 Å². The van der Waals surface area contributed by atoms with Gasteiger partial charge in [-0.25, -0.2) is 0 Å². The summed E-state index contributed by atoms with van der Waals surface area (Å²) < 4.78 is 16.4. The normalized spacial score (nSPS) is 10.5. The number of carboxylic acid groups (broad SMARTS) is 1. The molecule has 3 heterocycles. The van der Waals surface area contributed by atoms with E-state index < -0.39 is 45.8 Å². The number of furan rings is 3. The number of hydrogen-bond acceptors (Lipinski definition) is 9. The summed E-state index contributed by atoms with van der Waals surface area (Å²) in [5, 5.41) is 38.1. The zero-order valence-electron chi connectivity index (χ0n) is 23.0. The third kappa shape index (κ3) is 10.9. The van der Waals surface area contributed by atoms with Crippen LogP contribution < -0.4 is 26.8 Å². The van der Waals surface area contributed by atoms with Gasteiger partial charge in [0.2, 0.25) is 7.92 Å². The summed E-state index contributed by atoms with van der Waals surface area (Å²) in [6.45, 7) is -1.98. The summed E-state index contributed by atoms with van der Waals surface area (Å²) >= 11 is 0. The molecule has 0 aliphatic heterocycles. The topological polar surface area (TPSA) is 176 Å². The van der Waals surface area contributed by atoms with Crippen molar-refractivity contribution in [3.63, 3.8) is 0 Å². The minimum Gasteiger partial charge on any atom is -0.578 e. The number of aliphatic hydroxyl groups is 3. The Morgan fingerprint density at radius 1 is 0.698 bits per heavy atom. The standard InChI is InChI=1S/C12H11N2.C12H9O3P.C6H13NO5.Tc/c13-14(11-7-3-1-4-8-11)12-9-5-2-6-10-12;1-4-10(13-7-1)16(11-5-2-8-14-11)12-6-3-9-15-12;8-2-6(3-9,4-10)7-1-5(11)12;/h1-10,13H;1-9H;7-10H,1-4H2,(H,11,12);/q-1;;;/p+1. The van der Waals surface area contributed by atoms with Crippen LogP contribution in [0.15, 0.2) is 129 Å². The zero-order chi connectivity index (χ0) is 30.2. The van der Waals surface area contributed by atoms with E-state index >= 15 is 0 Å². The number of anilines is 2. The van der Waals surface area contributed by atoms with Crippen molar-refractivity contribution >= 4 is 41.8 Å². The molecule has 0 aliphatic carbocycles. The summed E-state index contributed by atoms with van der Waals surface area (Å²) in [4.78, 5) is 10.1. The molecular weight excluding hydrogens is 659 g/mol. The van der Waals surface area contributed by atoms with Crippen molar-refractivity contribution in [2.45, 2.75) is 5.54 Å². The summed E-state index contributed by atoms with van der Waals surface area (Å²) in [6, 6.07) is 30.8. The van der Waals surface area contributed by atoms with Crippen LogP contribution in [0.25, 0.3) is 5.84 Å². The van der Waals surface area contributed by atoms with E-state index in [4.69, 9.17) is 39.5 Å². The summed E-state index contributed by atoms with van der Waals surface area (Å²) in [7, 11) is -1.25. The molecule has 1 radical (unpaired) electrons. The molecule has 0 amide bonds. The first kappa shape index (κ1) is 35.6. The van der Waals surface area contributed by atoms with Gasteiger partial charge in [0.1, 0.15) is 0 Å². The smallest absolute Gasteiger partial charge is 0.317 e. The minimum absolute atomic E-state index is 0. The molecule has 5 rings (SSSR count). The number of hydrogen-bond donors (Lipinski definition) is 5. The van der Waals surface area contributed by atoms with Gasteiger partial charge in [0.25, 0.3) is 16.5 Å². The zero-order valence-corrected chi connectivity index (χ0v) is 25.9. The van der Waals surface area contributed by atoms with Crippen molar-refractivity contribution in [1.82, 2.24) is 5.32 Å². The Hall–Kier alpha value is -3.57. The fourth-order valence-electron chi connectivity index (χ4n) is 3.51. The first-order chi connectivity index (χ1) is 20.4. The van der Waals surface area contributed by atoms with E-state index in [2.05, 4.69) is 5.32 Å². The van der Waals surface area contributed by atoms with Crippen LogP contribution in [-0.2, 0) is 24.9 Å². The molecule has 2 aromatic carbocycles. The maximum absolute atomic E-state index is 10.1. The molecule has 13 heteroatoms. The van der Waals surface area contributed by atoms with Gasteiger partial charge in [-0.2, -0.15) is 0 Å². The number of benzene rings is 2. The monoisotopic (exact) mass is 692 g/mol. The molecule has 0 bridgehead atoms. The molecule has 0 saturated carbocycles. The molecule has 0 unspecified atom stereocenters. The molecule has 3 aromatic heterocycles. The van der Waals surface area contributed by atoms with Crippen LogP contribution in [0.1, 0.15) is 0 Å². The third-order valence-corrected chi connectivity index (χ3v) is 8.19. The Bertz CT molecular complexity index is 1260. The van der Waals surface area contributed by atoms with Gasteiger partial charge in [-0.3, -0.25) is 10.1 Å². The predicted octanol–water partition coefficient (Wildman–Crippen LogP) is 3.12. The van der Waals surface area contributed by atoms with Crippen molar-refractivity contribution < 1.29 is 58.6 Å². The molecule has 0 atom stereocenters. The predicted molar refractivity (Wildman–Crippen MR) is 162 cm³/mol. The third-order valence-electron chi connectivity index (χ3n) is 5.85. The molecule has 0 saturated heterocycles. The number of rotatable bonds is 11. The molecular formula is C30H34N3O8PTc. The average molecular weight is 694 g/mol. The molecule has 11 nitrogen and oxygen atoms in total. The number of aliphatic carboxylic acids is 1. The second-order valence-electron chi connectivity index (χ2n) is 8.82. The van der Waals surface area contributed by atoms with E-state index in [1.54, 1.807) is 18.8 Å². The Labute approximate surface area is 263 Å². The fourth-order valence-corrected chi connectivity index (χ4v) is 5.59. The molecule has 0 aliphatic rings.